The molecule has 2 heteroatoms. The van der Waals surface area contributed by atoms with Crippen molar-refractivity contribution >= 4 is 15.9 Å². The number of hydrogen-bond acceptors (Lipinski definition) is 1. The lowest BCUT2D eigenvalue weighted by molar-refractivity contribution is 0.187. The van der Waals surface area contributed by atoms with Crippen molar-refractivity contribution in [1.29, 1.82) is 0 Å². The van der Waals surface area contributed by atoms with Gasteiger partial charge in [0.1, 0.15) is 0 Å². The number of rotatable bonds is 7. The molecule has 1 aliphatic carbocycles. The van der Waals surface area contributed by atoms with Crippen LogP contribution < -0.4 is 0 Å². The maximum atomic E-state index is 3.62. The lowest BCUT2D eigenvalue weighted by Gasteiger charge is -2.31. The van der Waals surface area contributed by atoms with Gasteiger partial charge in [0.05, 0.1) is 0 Å². The van der Waals surface area contributed by atoms with Crippen molar-refractivity contribution in [2.75, 3.05) is 25.5 Å². The molecule has 0 aromatic heterocycles. The van der Waals surface area contributed by atoms with E-state index in [0.29, 0.717) is 0 Å². The van der Waals surface area contributed by atoms with E-state index in [-0.39, 0.29) is 0 Å². The Bertz CT molecular complexity index is 145. The first kappa shape index (κ1) is 12.5. The second-order valence-corrected chi connectivity index (χ2v) is 5.47. The predicted molar refractivity (Wildman–Crippen MR) is 67.0 cm³/mol. The Hall–Kier alpha value is 0.440. The molecule has 0 saturated heterocycles. The van der Waals surface area contributed by atoms with Crippen LogP contribution in [-0.4, -0.2) is 30.4 Å². The molecule has 0 heterocycles. The topological polar surface area (TPSA) is 3.24 Å². The van der Waals surface area contributed by atoms with Gasteiger partial charge in [0, 0.05) is 18.4 Å². The highest BCUT2D eigenvalue weighted by molar-refractivity contribution is 9.09. The molecule has 0 radical (unpaired) electrons. The van der Waals surface area contributed by atoms with Gasteiger partial charge >= 0.3 is 0 Å². The molecule has 0 spiro atoms. The fraction of sp³-hybridized carbons (Fsp3) is 1.00. The Morgan fingerprint density at radius 3 is 2.57 bits per heavy atom. The number of alkyl halides is 1. The van der Waals surface area contributed by atoms with E-state index >= 15 is 0 Å². The van der Waals surface area contributed by atoms with Crippen LogP contribution in [0.2, 0.25) is 0 Å². The van der Waals surface area contributed by atoms with Gasteiger partial charge in [-0.15, -0.1) is 0 Å². The fourth-order valence-electron chi connectivity index (χ4n) is 2.26. The van der Waals surface area contributed by atoms with Crippen LogP contribution in [0.1, 0.15) is 39.0 Å². The monoisotopic (exact) mass is 261 g/mol. The molecule has 84 valence electrons. The highest BCUT2D eigenvalue weighted by Gasteiger charge is 2.20. The fourth-order valence-corrected chi connectivity index (χ4v) is 2.79. The van der Waals surface area contributed by atoms with E-state index in [4.69, 9.17) is 0 Å². The highest BCUT2D eigenvalue weighted by Crippen LogP contribution is 2.27. The molecule has 0 aromatic rings. The molecule has 1 fully saturated rings. The lowest BCUT2D eigenvalue weighted by Crippen LogP contribution is -2.33. The highest BCUT2D eigenvalue weighted by atomic mass is 79.9. The van der Waals surface area contributed by atoms with Crippen LogP contribution in [0.3, 0.4) is 0 Å². The van der Waals surface area contributed by atoms with E-state index < -0.39 is 0 Å². The van der Waals surface area contributed by atoms with E-state index in [9.17, 15) is 0 Å². The van der Waals surface area contributed by atoms with Gasteiger partial charge in [0.15, 0.2) is 0 Å². The van der Waals surface area contributed by atoms with Gasteiger partial charge < -0.3 is 4.90 Å². The SMILES string of the molecule is CCCC(CBr)CN(C)CC1CCC1. The second kappa shape index (κ2) is 6.84. The third-order valence-corrected chi connectivity index (χ3v) is 4.20. The van der Waals surface area contributed by atoms with Crippen LogP contribution in [0.25, 0.3) is 0 Å². The van der Waals surface area contributed by atoms with Crippen LogP contribution in [0.15, 0.2) is 0 Å². The minimum absolute atomic E-state index is 0.852. The summed E-state index contributed by atoms with van der Waals surface area (Å²) in [5.41, 5.74) is 0. The van der Waals surface area contributed by atoms with Crippen molar-refractivity contribution < 1.29 is 0 Å². The van der Waals surface area contributed by atoms with Crippen LogP contribution >= 0.6 is 15.9 Å². The van der Waals surface area contributed by atoms with Crippen LogP contribution in [-0.2, 0) is 0 Å². The zero-order valence-corrected chi connectivity index (χ0v) is 11.2. The summed E-state index contributed by atoms with van der Waals surface area (Å²) in [6, 6.07) is 0. The molecule has 0 aromatic carbocycles. The van der Waals surface area contributed by atoms with E-state index in [1.165, 1.54) is 45.2 Å². The van der Waals surface area contributed by atoms with E-state index in [2.05, 4.69) is 34.8 Å². The smallest absolute Gasteiger partial charge is 0.00718 e. The Kier molecular flexibility index (Phi) is 6.11. The minimum atomic E-state index is 0.852. The molecule has 0 N–H and O–H groups in total. The Balaban J connectivity index is 2.12. The maximum absolute atomic E-state index is 3.62. The molecule has 1 saturated carbocycles. The summed E-state index contributed by atoms with van der Waals surface area (Å²) >= 11 is 3.62. The molecule has 1 nitrogen and oxygen atoms in total. The zero-order chi connectivity index (χ0) is 10.4. The average Bonchev–Trinajstić information content (AvgIpc) is 2.11. The van der Waals surface area contributed by atoms with Gasteiger partial charge in [-0.2, -0.15) is 0 Å². The zero-order valence-electron chi connectivity index (χ0n) is 9.64. The summed E-state index contributed by atoms with van der Waals surface area (Å²) < 4.78 is 0. The summed E-state index contributed by atoms with van der Waals surface area (Å²) in [4.78, 5) is 2.53. The first-order chi connectivity index (χ1) is 6.76. The first-order valence-electron chi connectivity index (χ1n) is 6.00. The van der Waals surface area contributed by atoms with Gasteiger partial charge in [-0.05, 0) is 38.1 Å². The van der Waals surface area contributed by atoms with Crippen molar-refractivity contribution in [2.45, 2.75) is 39.0 Å². The van der Waals surface area contributed by atoms with Crippen molar-refractivity contribution in [2.24, 2.45) is 11.8 Å². The summed E-state index contributed by atoms with van der Waals surface area (Å²) in [7, 11) is 2.28. The minimum Gasteiger partial charge on any atom is -0.306 e. The predicted octanol–water partition coefficient (Wildman–Crippen LogP) is 3.53. The first-order valence-corrected chi connectivity index (χ1v) is 7.12. The largest absolute Gasteiger partial charge is 0.306 e. The van der Waals surface area contributed by atoms with E-state index in [0.717, 1.165) is 17.2 Å². The molecule has 1 aliphatic rings. The second-order valence-electron chi connectivity index (χ2n) is 4.83. The summed E-state index contributed by atoms with van der Waals surface area (Å²) in [6.45, 7) is 4.88. The standard InChI is InChI=1S/C12H24BrN/c1-3-5-12(8-13)10-14(2)9-11-6-4-7-11/h11-12H,3-10H2,1-2H3. The van der Waals surface area contributed by atoms with Crippen molar-refractivity contribution in [1.82, 2.24) is 4.90 Å². The summed E-state index contributed by atoms with van der Waals surface area (Å²) in [6.07, 6.45) is 7.08. The molecule has 0 amide bonds. The van der Waals surface area contributed by atoms with Crippen LogP contribution in [0, 0.1) is 11.8 Å². The van der Waals surface area contributed by atoms with Gasteiger partial charge in [-0.25, -0.2) is 0 Å². The van der Waals surface area contributed by atoms with E-state index in [1.807, 2.05) is 0 Å². The number of nitrogens with zero attached hydrogens (tertiary/aromatic N) is 1. The average molecular weight is 262 g/mol. The third-order valence-electron chi connectivity index (χ3n) is 3.28. The molecule has 14 heavy (non-hydrogen) atoms. The van der Waals surface area contributed by atoms with Gasteiger partial charge in [0.25, 0.3) is 0 Å². The van der Waals surface area contributed by atoms with Crippen molar-refractivity contribution in [3.8, 4) is 0 Å². The molecule has 0 bridgehead atoms. The Morgan fingerprint density at radius 2 is 2.14 bits per heavy atom. The summed E-state index contributed by atoms with van der Waals surface area (Å²) in [5.74, 6) is 1.86. The van der Waals surface area contributed by atoms with Crippen LogP contribution in [0.4, 0.5) is 0 Å². The normalized spacial score (nSPS) is 19.7. The molecule has 0 aliphatic heterocycles. The van der Waals surface area contributed by atoms with Gasteiger partial charge in [-0.1, -0.05) is 35.7 Å². The molecule has 1 unspecified atom stereocenters. The van der Waals surface area contributed by atoms with Crippen molar-refractivity contribution in [3.63, 3.8) is 0 Å². The molecule has 1 atom stereocenters. The molecular weight excluding hydrogens is 238 g/mol. The van der Waals surface area contributed by atoms with Crippen molar-refractivity contribution in [3.05, 3.63) is 0 Å². The molecular formula is C12H24BrN. The Morgan fingerprint density at radius 1 is 1.43 bits per heavy atom. The summed E-state index contributed by atoms with van der Waals surface area (Å²) in [5, 5.41) is 1.16. The van der Waals surface area contributed by atoms with Gasteiger partial charge in [0.2, 0.25) is 0 Å². The number of halogens is 1. The number of hydrogen-bond donors (Lipinski definition) is 0. The van der Waals surface area contributed by atoms with Gasteiger partial charge in [-0.3, -0.25) is 0 Å². The van der Waals surface area contributed by atoms with Crippen LogP contribution in [0.5, 0.6) is 0 Å². The lowest BCUT2D eigenvalue weighted by atomic mass is 9.85. The van der Waals surface area contributed by atoms with E-state index in [1.54, 1.807) is 0 Å². The maximum Gasteiger partial charge on any atom is 0.00718 e. The Labute approximate surface area is 97.4 Å². The quantitative estimate of drug-likeness (QED) is 0.634. The molecule has 1 rings (SSSR count). The third kappa shape index (κ3) is 4.31.